The number of allylic oxidation sites excluding steroid dienone is 1. The highest BCUT2D eigenvalue weighted by Gasteiger charge is 2.52. The highest BCUT2D eigenvalue weighted by molar-refractivity contribution is 5.54. The minimum absolute atomic E-state index is 0.0696. The van der Waals surface area contributed by atoms with Crippen molar-refractivity contribution in [1.29, 1.82) is 0 Å². The van der Waals surface area contributed by atoms with Crippen molar-refractivity contribution in [2.24, 2.45) is 5.41 Å². The molecule has 0 aromatic heterocycles. The molecule has 1 saturated carbocycles. The van der Waals surface area contributed by atoms with Crippen LogP contribution in [0, 0.1) is 5.41 Å². The summed E-state index contributed by atoms with van der Waals surface area (Å²) in [4.78, 5) is 0. The molecule has 28 heavy (non-hydrogen) atoms. The van der Waals surface area contributed by atoms with E-state index in [9.17, 15) is 5.11 Å². The summed E-state index contributed by atoms with van der Waals surface area (Å²) >= 11 is 0. The summed E-state index contributed by atoms with van der Waals surface area (Å²) < 4.78 is 5.52. The van der Waals surface area contributed by atoms with Crippen LogP contribution in [0.15, 0.2) is 59.7 Å². The predicted molar refractivity (Wildman–Crippen MR) is 113 cm³/mol. The third-order valence-electron chi connectivity index (χ3n) is 7.72. The number of aliphatic hydroxyl groups excluding tert-OH is 1. The van der Waals surface area contributed by atoms with E-state index in [1.54, 1.807) is 18.3 Å². The highest BCUT2D eigenvalue weighted by atomic mass is 16.5. The Morgan fingerprint density at radius 1 is 1.04 bits per heavy atom. The van der Waals surface area contributed by atoms with Crippen molar-refractivity contribution in [3.8, 4) is 5.75 Å². The molecule has 2 aromatic rings. The smallest absolute Gasteiger partial charge is 0.119 e. The summed E-state index contributed by atoms with van der Waals surface area (Å²) in [7, 11) is 1.75. The van der Waals surface area contributed by atoms with Crippen LogP contribution in [0.3, 0.4) is 0 Å². The molecular formula is C26H30O2. The lowest BCUT2D eigenvalue weighted by atomic mass is 9.54. The van der Waals surface area contributed by atoms with E-state index in [4.69, 9.17) is 4.74 Å². The third-order valence-corrected chi connectivity index (χ3v) is 7.72. The van der Waals surface area contributed by atoms with Gasteiger partial charge in [0.1, 0.15) is 5.75 Å². The minimum Gasteiger partial charge on any atom is -0.497 e. The Bertz CT molecular complexity index is 929. The van der Waals surface area contributed by atoms with E-state index >= 15 is 0 Å². The second-order valence-corrected chi connectivity index (χ2v) is 9.35. The zero-order valence-electron chi connectivity index (χ0n) is 17.0. The van der Waals surface area contributed by atoms with Crippen molar-refractivity contribution < 1.29 is 9.84 Å². The largest absolute Gasteiger partial charge is 0.497 e. The number of aryl methyl sites for hydroxylation is 1. The Morgan fingerprint density at radius 2 is 1.86 bits per heavy atom. The molecule has 2 aromatic carbocycles. The van der Waals surface area contributed by atoms with Crippen molar-refractivity contribution in [3.63, 3.8) is 0 Å². The number of ether oxygens (including phenoxy) is 1. The lowest BCUT2D eigenvalue weighted by Crippen LogP contribution is -2.42. The van der Waals surface area contributed by atoms with Gasteiger partial charge in [0.05, 0.1) is 13.2 Å². The van der Waals surface area contributed by atoms with Gasteiger partial charge in [-0.15, -0.1) is 0 Å². The first-order valence-corrected chi connectivity index (χ1v) is 10.7. The second kappa shape index (κ2) is 6.49. The fourth-order valence-corrected chi connectivity index (χ4v) is 6.42. The Morgan fingerprint density at radius 3 is 2.64 bits per heavy atom. The van der Waals surface area contributed by atoms with Crippen LogP contribution >= 0.6 is 0 Å². The summed E-state index contributed by atoms with van der Waals surface area (Å²) in [6, 6.07) is 17.7. The number of benzene rings is 2. The Labute approximate surface area is 168 Å². The van der Waals surface area contributed by atoms with Gasteiger partial charge in [-0.3, -0.25) is 0 Å². The van der Waals surface area contributed by atoms with E-state index in [0.29, 0.717) is 0 Å². The molecule has 2 nitrogen and oxygen atoms in total. The summed E-state index contributed by atoms with van der Waals surface area (Å²) in [5.74, 6) is 0.960. The predicted octanol–water partition coefficient (Wildman–Crippen LogP) is 5.37. The maximum atomic E-state index is 10.5. The fraction of sp³-hybridized carbons (Fsp3) is 0.462. The van der Waals surface area contributed by atoms with E-state index in [1.165, 1.54) is 29.5 Å². The van der Waals surface area contributed by atoms with Gasteiger partial charge >= 0.3 is 0 Å². The molecule has 0 saturated heterocycles. The average molecular weight is 375 g/mol. The van der Waals surface area contributed by atoms with Crippen LogP contribution in [0.5, 0.6) is 5.75 Å². The number of fused-ring (bicyclic) bond motifs is 4. The number of hydrogen-bond donors (Lipinski definition) is 1. The number of methoxy groups -OCH3 is 1. The van der Waals surface area contributed by atoms with E-state index < -0.39 is 0 Å². The van der Waals surface area contributed by atoms with Crippen molar-refractivity contribution in [1.82, 2.24) is 0 Å². The van der Waals surface area contributed by atoms with Gasteiger partial charge in [0.2, 0.25) is 0 Å². The van der Waals surface area contributed by atoms with Gasteiger partial charge in [-0.2, -0.15) is 0 Å². The molecule has 2 heteroatoms. The molecule has 0 spiro atoms. The number of aliphatic hydroxyl groups is 1. The molecule has 0 amide bonds. The molecule has 1 N–H and O–H groups in total. The first-order valence-electron chi connectivity index (χ1n) is 10.7. The zero-order valence-corrected chi connectivity index (χ0v) is 17.0. The zero-order chi connectivity index (χ0) is 19.4. The Hall–Kier alpha value is -2.06. The van der Waals surface area contributed by atoms with Gasteiger partial charge in [-0.05, 0) is 79.2 Å². The molecule has 0 radical (unpaired) electrons. The van der Waals surface area contributed by atoms with E-state index in [1.807, 2.05) is 0 Å². The van der Waals surface area contributed by atoms with Crippen LogP contribution < -0.4 is 4.74 Å². The van der Waals surface area contributed by atoms with Crippen LogP contribution in [0.1, 0.15) is 55.7 Å². The standard InChI is InChI=1S/C26H30O2/c1-25-12-13-26(16-18-6-4-3-5-7-18)22-11-9-21(28-2)14-19(22)8-10-23(26)24(25)15-20(27)17-25/h3-7,9,11,14,20,27H,8,10,12-13,15-17H2,1-2H3/t20-,25-,26+/m0/s1. The summed E-state index contributed by atoms with van der Waals surface area (Å²) in [6.45, 7) is 2.39. The van der Waals surface area contributed by atoms with Crippen LogP contribution in [0.4, 0.5) is 0 Å². The molecule has 3 aliphatic rings. The highest BCUT2D eigenvalue weighted by Crippen LogP contribution is 2.60. The number of rotatable bonds is 3. The topological polar surface area (TPSA) is 29.5 Å². The molecule has 0 aliphatic heterocycles. The van der Waals surface area contributed by atoms with Crippen molar-refractivity contribution in [2.45, 2.75) is 63.4 Å². The van der Waals surface area contributed by atoms with Gasteiger partial charge < -0.3 is 9.84 Å². The molecule has 1 fully saturated rings. The van der Waals surface area contributed by atoms with Gasteiger partial charge in [-0.25, -0.2) is 0 Å². The maximum Gasteiger partial charge on any atom is 0.119 e. The van der Waals surface area contributed by atoms with Gasteiger partial charge in [0, 0.05) is 5.41 Å². The molecular weight excluding hydrogens is 344 g/mol. The fourth-order valence-electron chi connectivity index (χ4n) is 6.42. The van der Waals surface area contributed by atoms with E-state index in [-0.39, 0.29) is 16.9 Å². The van der Waals surface area contributed by atoms with Crippen molar-refractivity contribution in [2.75, 3.05) is 7.11 Å². The van der Waals surface area contributed by atoms with Crippen LogP contribution in [0.2, 0.25) is 0 Å². The summed E-state index contributed by atoms with van der Waals surface area (Å²) in [5, 5.41) is 10.5. The van der Waals surface area contributed by atoms with Crippen LogP contribution in [-0.4, -0.2) is 18.3 Å². The van der Waals surface area contributed by atoms with Crippen molar-refractivity contribution >= 4 is 0 Å². The molecule has 146 valence electrons. The minimum atomic E-state index is -0.169. The monoisotopic (exact) mass is 374 g/mol. The SMILES string of the molecule is COc1ccc2c(c1)CCC1=C3C[C@H](O)C[C@]3(C)CC[C@]12Cc1ccccc1. The first kappa shape index (κ1) is 18.0. The van der Waals surface area contributed by atoms with Gasteiger partial charge in [0.25, 0.3) is 0 Å². The van der Waals surface area contributed by atoms with E-state index in [0.717, 1.165) is 37.9 Å². The normalized spacial score (nSPS) is 31.2. The van der Waals surface area contributed by atoms with Crippen molar-refractivity contribution in [3.05, 3.63) is 76.4 Å². The quantitative estimate of drug-likeness (QED) is 0.732. The molecule has 0 unspecified atom stereocenters. The summed E-state index contributed by atoms with van der Waals surface area (Å²) in [5.41, 5.74) is 7.82. The maximum absolute atomic E-state index is 10.5. The molecule has 0 heterocycles. The van der Waals surface area contributed by atoms with Gasteiger partial charge in [-0.1, -0.05) is 54.5 Å². The molecule has 3 aliphatic carbocycles. The first-order chi connectivity index (χ1) is 13.5. The van der Waals surface area contributed by atoms with Gasteiger partial charge in [0.15, 0.2) is 0 Å². The molecule has 0 bridgehead atoms. The Kier molecular flexibility index (Phi) is 4.17. The molecule has 3 atom stereocenters. The summed E-state index contributed by atoms with van der Waals surface area (Å²) in [6.07, 6.45) is 7.22. The van der Waals surface area contributed by atoms with E-state index in [2.05, 4.69) is 55.5 Å². The average Bonchev–Trinajstić information content (AvgIpc) is 3.02. The number of hydrogen-bond acceptors (Lipinski definition) is 2. The lowest BCUT2D eigenvalue weighted by molar-refractivity contribution is 0.156. The second-order valence-electron chi connectivity index (χ2n) is 9.35. The van der Waals surface area contributed by atoms with Crippen LogP contribution in [0.25, 0.3) is 0 Å². The molecule has 5 rings (SSSR count). The van der Waals surface area contributed by atoms with Crippen LogP contribution in [-0.2, 0) is 18.3 Å². The Balaban J connectivity index is 1.71. The third kappa shape index (κ3) is 2.65. The lowest BCUT2D eigenvalue weighted by Gasteiger charge is -2.50.